The molecule has 3 nitrogen and oxygen atoms in total. The summed E-state index contributed by atoms with van der Waals surface area (Å²) < 4.78 is 8.16. The van der Waals surface area contributed by atoms with Crippen LogP contribution in [0, 0.1) is 5.92 Å². The standard InChI is InChI=1S/C15H18Br3NO2/c1-15(2,9-3-5-19-6-4-9)21-14(20)13-11(17)7-10(16)8-12(13)18/h7-9,19H,3-6H2,1-2H3. The van der Waals surface area contributed by atoms with Crippen molar-refractivity contribution in [3.63, 3.8) is 0 Å². The minimum absolute atomic E-state index is 0.301. The zero-order valence-electron chi connectivity index (χ0n) is 12.0. The number of nitrogens with one attached hydrogen (secondary N) is 1. The van der Waals surface area contributed by atoms with Gasteiger partial charge in [-0.1, -0.05) is 15.9 Å². The number of hydrogen-bond donors (Lipinski definition) is 1. The molecule has 0 saturated carbocycles. The molecule has 1 aromatic carbocycles. The number of rotatable bonds is 3. The van der Waals surface area contributed by atoms with Crippen molar-refractivity contribution < 1.29 is 9.53 Å². The molecule has 2 rings (SSSR count). The van der Waals surface area contributed by atoms with Crippen molar-refractivity contribution in [3.8, 4) is 0 Å². The van der Waals surface area contributed by atoms with Crippen LogP contribution in [-0.4, -0.2) is 24.7 Å². The SMILES string of the molecule is CC(C)(OC(=O)c1c(Br)cc(Br)cc1Br)C1CCNCC1. The second-order valence-electron chi connectivity index (χ2n) is 5.76. The quantitative estimate of drug-likeness (QED) is 0.621. The number of benzene rings is 1. The Hall–Kier alpha value is 0.0900. The monoisotopic (exact) mass is 481 g/mol. The average Bonchev–Trinajstić information content (AvgIpc) is 2.37. The summed E-state index contributed by atoms with van der Waals surface area (Å²) in [4.78, 5) is 12.5. The average molecular weight is 484 g/mol. The van der Waals surface area contributed by atoms with Gasteiger partial charge in [0, 0.05) is 19.3 Å². The van der Waals surface area contributed by atoms with Gasteiger partial charge >= 0.3 is 5.97 Å². The summed E-state index contributed by atoms with van der Waals surface area (Å²) in [5, 5.41) is 3.34. The van der Waals surface area contributed by atoms with Crippen LogP contribution in [0.15, 0.2) is 25.6 Å². The van der Waals surface area contributed by atoms with E-state index in [0.717, 1.165) is 39.3 Å². The third-order valence-corrected chi connectivity index (χ3v) is 5.60. The van der Waals surface area contributed by atoms with Gasteiger partial charge < -0.3 is 10.1 Å². The summed E-state index contributed by atoms with van der Waals surface area (Å²) in [6.07, 6.45) is 2.06. The van der Waals surface area contributed by atoms with Crippen LogP contribution in [0.3, 0.4) is 0 Å². The fourth-order valence-corrected chi connectivity index (χ4v) is 5.21. The fourth-order valence-electron chi connectivity index (χ4n) is 2.63. The van der Waals surface area contributed by atoms with Gasteiger partial charge in [-0.3, -0.25) is 0 Å². The molecule has 0 atom stereocenters. The highest BCUT2D eigenvalue weighted by molar-refractivity contribution is 9.11. The molecule has 1 aliphatic rings. The highest BCUT2D eigenvalue weighted by Crippen LogP contribution is 2.34. The Morgan fingerprint density at radius 3 is 2.24 bits per heavy atom. The molecule has 6 heteroatoms. The molecule has 0 radical (unpaired) electrons. The van der Waals surface area contributed by atoms with Crippen molar-refractivity contribution in [2.45, 2.75) is 32.3 Å². The van der Waals surface area contributed by atoms with Crippen LogP contribution in [0.5, 0.6) is 0 Å². The van der Waals surface area contributed by atoms with Crippen LogP contribution in [0.1, 0.15) is 37.0 Å². The first-order valence-corrected chi connectivity index (χ1v) is 9.28. The van der Waals surface area contributed by atoms with E-state index in [2.05, 4.69) is 53.1 Å². The van der Waals surface area contributed by atoms with Gasteiger partial charge in [-0.05, 0) is 83.8 Å². The van der Waals surface area contributed by atoms with Crippen LogP contribution in [0.25, 0.3) is 0 Å². The van der Waals surface area contributed by atoms with Crippen LogP contribution in [0.2, 0.25) is 0 Å². The van der Waals surface area contributed by atoms with Crippen molar-refractivity contribution in [3.05, 3.63) is 31.1 Å². The number of carbonyl (C=O) groups excluding carboxylic acids is 1. The van der Waals surface area contributed by atoms with Crippen molar-refractivity contribution in [1.29, 1.82) is 0 Å². The lowest BCUT2D eigenvalue weighted by Gasteiger charge is -2.36. The molecular formula is C15H18Br3NO2. The highest BCUT2D eigenvalue weighted by Gasteiger charge is 2.35. The van der Waals surface area contributed by atoms with E-state index in [-0.39, 0.29) is 5.97 Å². The van der Waals surface area contributed by atoms with Crippen LogP contribution in [0.4, 0.5) is 0 Å². The lowest BCUT2D eigenvalue weighted by molar-refractivity contribution is -0.0369. The molecule has 1 aromatic rings. The second-order valence-corrected chi connectivity index (χ2v) is 8.39. The number of halogens is 3. The molecule has 21 heavy (non-hydrogen) atoms. The molecular weight excluding hydrogens is 466 g/mol. The first kappa shape index (κ1) is 17.4. The summed E-state index contributed by atoms with van der Waals surface area (Å²) >= 11 is 10.3. The third kappa shape index (κ3) is 4.30. The maximum Gasteiger partial charge on any atom is 0.340 e. The summed E-state index contributed by atoms with van der Waals surface area (Å²) in [7, 11) is 0. The van der Waals surface area contributed by atoms with E-state index in [9.17, 15) is 4.79 Å². The van der Waals surface area contributed by atoms with Gasteiger partial charge in [-0.25, -0.2) is 4.79 Å². The topological polar surface area (TPSA) is 38.3 Å². The predicted octanol–water partition coefficient (Wildman–Crippen LogP) is 4.91. The van der Waals surface area contributed by atoms with Crippen molar-refractivity contribution in [2.24, 2.45) is 5.92 Å². The predicted molar refractivity (Wildman–Crippen MR) is 94.6 cm³/mol. The Bertz CT molecular complexity index is 517. The molecule has 0 unspecified atom stereocenters. The lowest BCUT2D eigenvalue weighted by atomic mass is 9.83. The normalized spacial score (nSPS) is 16.8. The van der Waals surface area contributed by atoms with Crippen LogP contribution >= 0.6 is 47.8 Å². The van der Waals surface area contributed by atoms with E-state index in [0.29, 0.717) is 11.5 Å². The van der Waals surface area contributed by atoms with Crippen molar-refractivity contribution >= 4 is 53.8 Å². The molecule has 1 aliphatic heterocycles. The van der Waals surface area contributed by atoms with E-state index >= 15 is 0 Å². The fraction of sp³-hybridized carbons (Fsp3) is 0.533. The molecule has 1 heterocycles. The smallest absolute Gasteiger partial charge is 0.340 e. The molecule has 0 bridgehead atoms. The van der Waals surface area contributed by atoms with E-state index in [1.165, 1.54) is 0 Å². The van der Waals surface area contributed by atoms with Gasteiger partial charge in [-0.15, -0.1) is 0 Å². The van der Waals surface area contributed by atoms with Gasteiger partial charge in [0.25, 0.3) is 0 Å². The summed E-state index contributed by atoms with van der Waals surface area (Å²) in [5.74, 6) is 0.0838. The van der Waals surface area contributed by atoms with Gasteiger partial charge in [0.15, 0.2) is 0 Å². The molecule has 0 aromatic heterocycles. The Labute approximate surface area is 150 Å². The minimum atomic E-state index is -0.467. The van der Waals surface area contributed by atoms with Crippen LogP contribution in [-0.2, 0) is 4.74 Å². The van der Waals surface area contributed by atoms with E-state index in [1.54, 1.807) is 0 Å². The zero-order valence-corrected chi connectivity index (χ0v) is 16.8. The minimum Gasteiger partial charge on any atom is -0.456 e. The second kappa shape index (κ2) is 7.11. The Balaban J connectivity index is 2.17. The first-order chi connectivity index (χ1) is 9.81. The molecule has 1 saturated heterocycles. The van der Waals surface area contributed by atoms with Gasteiger partial charge in [0.05, 0.1) is 5.56 Å². The van der Waals surface area contributed by atoms with Crippen molar-refractivity contribution in [2.75, 3.05) is 13.1 Å². The van der Waals surface area contributed by atoms with E-state index < -0.39 is 5.60 Å². The Morgan fingerprint density at radius 2 is 1.71 bits per heavy atom. The van der Waals surface area contributed by atoms with Gasteiger partial charge in [0.1, 0.15) is 5.60 Å². The molecule has 1 N–H and O–H groups in total. The van der Waals surface area contributed by atoms with Crippen LogP contribution < -0.4 is 5.32 Å². The third-order valence-electron chi connectivity index (χ3n) is 3.89. The van der Waals surface area contributed by atoms with Crippen molar-refractivity contribution in [1.82, 2.24) is 5.32 Å². The molecule has 0 spiro atoms. The first-order valence-electron chi connectivity index (χ1n) is 6.90. The molecule has 0 aliphatic carbocycles. The largest absolute Gasteiger partial charge is 0.456 e. The number of piperidine rings is 1. The maximum absolute atomic E-state index is 12.5. The summed E-state index contributed by atoms with van der Waals surface area (Å²) in [6.45, 7) is 5.97. The maximum atomic E-state index is 12.5. The van der Waals surface area contributed by atoms with Gasteiger partial charge in [0.2, 0.25) is 0 Å². The number of esters is 1. The van der Waals surface area contributed by atoms with E-state index in [1.807, 2.05) is 26.0 Å². The summed E-state index contributed by atoms with van der Waals surface area (Å²) in [6, 6.07) is 3.69. The number of hydrogen-bond acceptors (Lipinski definition) is 3. The summed E-state index contributed by atoms with van der Waals surface area (Å²) in [5.41, 5.74) is 0.0608. The molecule has 0 amide bonds. The molecule has 116 valence electrons. The highest BCUT2D eigenvalue weighted by atomic mass is 79.9. The Morgan fingerprint density at radius 1 is 1.19 bits per heavy atom. The number of ether oxygens (including phenoxy) is 1. The van der Waals surface area contributed by atoms with E-state index in [4.69, 9.17) is 4.74 Å². The van der Waals surface area contributed by atoms with Gasteiger partial charge in [-0.2, -0.15) is 0 Å². The lowest BCUT2D eigenvalue weighted by Crippen LogP contribution is -2.42. The Kier molecular flexibility index (Phi) is 5.91. The molecule has 1 fully saturated rings. The number of carbonyl (C=O) groups is 1. The zero-order chi connectivity index (χ0) is 15.6.